The Morgan fingerprint density at radius 2 is 2.07 bits per heavy atom. The fourth-order valence-electron chi connectivity index (χ4n) is 1.21. The van der Waals surface area contributed by atoms with E-state index >= 15 is 0 Å². The van der Waals surface area contributed by atoms with Crippen molar-refractivity contribution in [3.8, 4) is 10.7 Å². The predicted octanol–water partition coefficient (Wildman–Crippen LogP) is 2.63. The minimum absolute atomic E-state index is 0.468. The largest absolute Gasteiger partial charge is 0.296 e. The summed E-state index contributed by atoms with van der Waals surface area (Å²) >= 11 is 1.44. The first-order valence-corrected chi connectivity index (χ1v) is 5.44. The van der Waals surface area contributed by atoms with E-state index in [9.17, 15) is 4.79 Å². The molecule has 0 amide bonds. The highest BCUT2D eigenvalue weighted by molar-refractivity contribution is 7.13. The summed E-state index contributed by atoms with van der Waals surface area (Å²) in [6.07, 6.45) is 0.751. The molecule has 76 valence electrons. The average molecular weight is 218 g/mol. The van der Waals surface area contributed by atoms with Crippen LogP contribution in [0.2, 0.25) is 0 Å². The molecule has 0 spiro atoms. The smallest absolute Gasteiger partial charge is 0.169 e. The van der Waals surface area contributed by atoms with Crippen molar-refractivity contribution in [2.75, 3.05) is 0 Å². The van der Waals surface area contributed by atoms with Crippen molar-refractivity contribution in [2.45, 2.75) is 13.8 Å². The lowest BCUT2D eigenvalue weighted by molar-refractivity contribution is 0.111. The first-order chi connectivity index (χ1) is 7.20. The molecular weight excluding hydrogens is 208 g/mol. The van der Waals surface area contributed by atoms with E-state index < -0.39 is 0 Å². The van der Waals surface area contributed by atoms with Crippen LogP contribution >= 0.6 is 11.3 Å². The van der Waals surface area contributed by atoms with Gasteiger partial charge in [0.15, 0.2) is 6.29 Å². The van der Waals surface area contributed by atoms with Crippen LogP contribution < -0.4 is 0 Å². The van der Waals surface area contributed by atoms with Gasteiger partial charge in [0.25, 0.3) is 0 Å². The van der Waals surface area contributed by atoms with Crippen LogP contribution in [-0.4, -0.2) is 16.3 Å². The third kappa shape index (κ3) is 1.94. The van der Waals surface area contributed by atoms with Crippen LogP contribution in [0, 0.1) is 13.8 Å². The van der Waals surface area contributed by atoms with E-state index in [0.29, 0.717) is 5.69 Å². The molecule has 0 radical (unpaired) electrons. The van der Waals surface area contributed by atoms with Crippen LogP contribution in [0.4, 0.5) is 0 Å². The number of hydrogen-bond donors (Lipinski definition) is 0. The number of nitrogens with zero attached hydrogens (tertiary/aromatic N) is 2. The predicted molar refractivity (Wildman–Crippen MR) is 60.2 cm³/mol. The Labute approximate surface area is 91.8 Å². The van der Waals surface area contributed by atoms with Gasteiger partial charge in [-0.2, -0.15) is 0 Å². The number of carbonyl (C=O) groups is 1. The minimum atomic E-state index is 0.468. The molecule has 3 nitrogen and oxygen atoms in total. The van der Waals surface area contributed by atoms with E-state index in [0.717, 1.165) is 28.2 Å². The molecule has 0 saturated carbocycles. The van der Waals surface area contributed by atoms with Crippen molar-refractivity contribution in [1.82, 2.24) is 9.97 Å². The summed E-state index contributed by atoms with van der Waals surface area (Å²) < 4.78 is 0. The monoisotopic (exact) mass is 218 g/mol. The molecule has 0 fully saturated rings. The first-order valence-electron chi connectivity index (χ1n) is 4.56. The molecule has 15 heavy (non-hydrogen) atoms. The Hall–Kier alpha value is -1.55. The standard InChI is InChI=1S/C11H10N2OS/c1-7-3-4-10(12-8(7)2)11-13-9(5-14)6-15-11/h3-6H,1-2H3. The molecule has 0 saturated heterocycles. The second-order valence-corrected chi connectivity index (χ2v) is 4.15. The SMILES string of the molecule is Cc1ccc(-c2nc(C=O)cs2)nc1C. The fourth-order valence-corrected chi connectivity index (χ4v) is 1.94. The molecule has 0 bridgehead atoms. The highest BCUT2D eigenvalue weighted by atomic mass is 32.1. The highest BCUT2D eigenvalue weighted by Crippen LogP contribution is 2.22. The summed E-state index contributed by atoms with van der Waals surface area (Å²) in [6.45, 7) is 3.98. The summed E-state index contributed by atoms with van der Waals surface area (Å²) in [4.78, 5) is 19.1. The maximum Gasteiger partial charge on any atom is 0.169 e. The van der Waals surface area contributed by atoms with Crippen LogP contribution in [0.15, 0.2) is 17.5 Å². The number of aldehydes is 1. The van der Waals surface area contributed by atoms with Crippen molar-refractivity contribution in [2.24, 2.45) is 0 Å². The van der Waals surface area contributed by atoms with Gasteiger partial charge in [0, 0.05) is 11.1 Å². The van der Waals surface area contributed by atoms with Crippen LogP contribution in [0.3, 0.4) is 0 Å². The lowest BCUT2D eigenvalue weighted by Gasteiger charge is -2.00. The van der Waals surface area contributed by atoms with Gasteiger partial charge in [-0.25, -0.2) is 4.98 Å². The normalized spacial score (nSPS) is 10.3. The van der Waals surface area contributed by atoms with Gasteiger partial charge < -0.3 is 0 Å². The summed E-state index contributed by atoms with van der Waals surface area (Å²) in [7, 11) is 0. The average Bonchev–Trinajstić information content (AvgIpc) is 2.70. The van der Waals surface area contributed by atoms with Crippen molar-refractivity contribution < 1.29 is 4.79 Å². The van der Waals surface area contributed by atoms with Crippen LogP contribution in [0.1, 0.15) is 21.7 Å². The maximum atomic E-state index is 10.5. The molecule has 4 heteroatoms. The fraction of sp³-hybridized carbons (Fsp3) is 0.182. The van der Waals surface area contributed by atoms with Gasteiger partial charge in [-0.1, -0.05) is 6.07 Å². The van der Waals surface area contributed by atoms with E-state index in [1.54, 1.807) is 5.38 Å². The van der Waals surface area contributed by atoms with Gasteiger partial charge in [0.2, 0.25) is 0 Å². The lowest BCUT2D eigenvalue weighted by atomic mass is 10.2. The quantitative estimate of drug-likeness (QED) is 0.728. The number of rotatable bonds is 2. The Morgan fingerprint density at radius 3 is 2.67 bits per heavy atom. The molecule has 2 aromatic rings. The number of thiazole rings is 1. The molecule has 2 heterocycles. The molecule has 0 aliphatic heterocycles. The zero-order valence-corrected chi connectivity index (χ0v) is 9.34. The molecule has 2 rings (SSSR count). The van der Waals surface area contributed by atoms with Crippen molar-refractivity contribution in [1.29, 1.82) is 0 Å². The summed E-state index contributed by atoms with van der Waals surface area (Å²) in [5, 5.41) is 2.53. The Bertz CT molecular complexity index is 505. The number of hydrogen-bond acceptors (Lipinski definition) is 4. The minimum Gasteiger partial charge on any atom is -0.296 e. The Kier molecular flexibility index (Phi) is 2.60. The molecule has 0 aromatic carbocycles. The van der Waals surface area contributed by atoms with Crippen LogP contribution in [0.25, 0.3) is 10.7 Å². The molecular formula is C11H10N2OS. The third-order valence-corrected chi connectivity index (χ3v) is 3.09. The van der Waals surface area contributed by atoms with Gasteiger partial charge >= 0.3 is 0 Å². The van der Waals surface area contributed by atoms with Crippen molar-refractivity contribution in [3.05, 3.63) is 34.5 Å². The molecule has 0 N–H and O–H groups in total. The first kappa shape index (κ1) is 9.98. The van der Waals surface area contributed by atoms with Crippen molar-refractivity contribution in [3.63, 3.8) is 0 Å². The van der Waals surface area contributed by atoms with Crippen LogP contribution in [-0.2, 0) is 0 Å². The lowest BCUT2D eigenvalue weighted by Crippen LogP contribution is -1.90. The van der Waals surface area contributed by atoms with E-state index in [4.69, 9.17) is 0 Å². The van der Waals surface area contributed by atoms with E-state index in [1.165, 1.54) is 11.3 Å². The van der Waals surface area contributed by atoms with Crippen LogP contribution in [0.5, 0.6) is 0 Å². The summed E-state index contributed by atoms with van der Waals surface area (Å²) in [5.74, 6) is 0. The van der Waals surface area contributed by atoms with Gasteiger partial charge in [0.05, 0.1) is 5.69 Å². The zero-order chi connectivity index (χ0) is 10.8. The van der Waals surface area contributed by atoms with E-state index in [1.807, 2.05) is 26.0 Å². The van der Waals surface area contributed by atoms with Crippen molar-refractivity contribution >= 4 is 17.6 Å². The van der Waals surface area contributed by atoms with E-state index in [2.05, 4.69) is 9.97 Å². The van der Waals surface area contributed by atoms with Gasteiger partial charge in [-0.3, -0.25) is 9.78 Å². The zero-order valence-electron chi connectivity index (χ0n) is 8.52. The van der Waals surface area contributed by atoms with E-state index in [-0.39, 0.29) is 0 Å². The molecule has 0 aliphatic carbocycles. The third-order valence-electron chi connectivity index (χ3n) is 2.21. The molecule has 2 aromatic heterocycles. The Morgan fingerprint density at radius 1 is 1.27 bits per heavy atom. The number of pyridine rings is 1. The molecule has 0 unspecified atom stereocenters. The highest BCUT2D eigenvalue weighted by Gasteiger charge is 2.06. The molecule has 0 aliphatic rings. The topological polar surface area (TPSA) is 42.9 Å². The molecule has 0 atom stereocenters. The number of carbonyl (C=O) groups excluding carboxylic acids is 1. The Balaban J connectivity index is 2.44. The maximum absolute atomic E-state index is 10.5. The van der Waals surface area contributed by atoms with Gasteiger partial charge in [-0.05, 0) is 25.5 Å². The van der Waals surface area contributed by atoms with Gasteiger partial charge in [-0.15, -0.1) is 11.3 Å². The number of aryl methyl sites for hydroxylation is 2. The number of aromatic nitrogens is 2. The second-order valence-electron chi connectivity index (χ2n) is 3.29. The summed E-state index contributed by atoms with van der Waals surface area (Å²) in [5.41, 5.74) is 3.45. The van der Waals surface area contributed by atoms with Gasteiger partial charge in [0.1, 0.15) is 10.7 Å². The second kappa shape index (κ2) is 3.90. The summed E-state index contributed by atoms with van der Waals surface area (Å²) in [6, 6.07) is 3.94.